The molecule has 1 fully saturated rings. The van der Waals surface area contributed by atoms with E-state index in [2.05, 4.69) is 22.4 Å². The van der Waals surface area contributed by atoms with E-state index in [0.29, 0.717) is 40.2 Å². The third-order valence-corrected chi connectivity index (χ3v) is 6.59. The minimum absolute atomic E-state index is 0.122. The van der Waals surface area contributed by atoms with Gasteiger partial charge in [-0.25, -0.2) is 0 Å². The van der Waals surface area contributed by atoms with Crippen LogP contribution in [0, 0.1) is 0 Å². The van der Waals surface area contributed by atoms with E-state index in [1.165, 1.54) is 16.9 Å². The summed E-state index contributed by atoms with van der Waals surface area (Å²) < 4.78 is 10.7. The Kier molecular flexibility index (Phi) is 5.48. The van der Waals surface area contributed by atoms with E-state index in [1.54, 1.807) is 4.90 Å². The van der Waals surface area contributed by atoms with Gasteiger partial charge >= 0.3 is 0 Å². The number of anilines is 1. The zero-order valence-corrected chi connectivity index (χ0v) is 18.4. The fourth-order valence-corrected chi connectivity index (χ4v) is 4.68. The normalized spacial score (nSPS) is 16.9. The van der Waals surface area contributed by atoms with Crippen molar-refractivity contribution in [2.45, 2.75) is 32.2 Å². The van der Waals surface area contributed by atoms with E-state index in [9.17, 15) is 9.59 Å². The van der Waals surface area contributed by atoms with Gasteiger partial charge in [0.1, 0.15) is 11.0 Å². The van der Waals surface area contributed by atoms with Crippen LogP contribution in [0.4, 0.5) is 5.13 Å². The molecule has 1 N–H and O–H groups in total. The number of aromatic nitrogens is 2. The molecule has 9 heteroatoms. The van der Waals surface area contributed by atoms with Gasteiger partial charge in [-0.3, -0.25) is 14.9 Å². The first-order valence-corrected chi connectivity index (χ1v) is 11.4. The molecule has 1 saturated heterocycles. The summed E-state index contributed by atoms with van der Waals surface area (Å²) in [7, 11) is 0. The van der Waals surface area contributed by atoms with Crippen molar-refractivity contribution in [3.63, 3.8) is 0 Å². The topological polar surface area (TPSA) is 93.7 Å². The van der Waals surface area contributed by atoms with Crippen LogP contribution in [0.1, 0.15) is 35.7 Å². The summed E-state index contributed by atoms with van der Waals surface area (Å²) >= 11 is 1.27. The van der Waals surface area contributed by atoms with Crippen LogP contribution in [0.2, 0.25) is 0 Å². The molecule has 1 aromatic heterocycles. The Morgan fingerprint density at radius 3 is 2.75 bits per heavy atom. The summed E-state index contributed by atoms with van der Waals surface area (Å²) in [6.07, 6.45) is 2.33. The van der Waals surface area contributed by atoms with Crippen molar-refractivity contribution in [2.24, 2.45) is 0 Å². The Labute approximate surface area is 189 Å². The number of benzene rings is 2. The number of hydrogen-bond donors (Lipinski definition) is 1. The molecule has 2 amide bonds. The van der Waals surface area contributed by atoms with E-state index in [4.69, 9.17) is 9.47 Å². The second kappa shape index (κ2) is 8.58. The van der Waals surface area contributed by atoms with Crippen molar-refractivity contribution in [1.82, 2.24) is 15.1 Å². The molecule has 0 saturated carbocycles. The Balaban J connectivity index is 1.27. The van der Waals surface area contributed by atoms with Crippen LogP contribution < -0.4 is 14.8 Å². The van der Waals surface area contributed by atoms with Gasteiger partial charge in [0, 0.05) is 17.7 Å². The highest BCUT2D eigenvalue weighted by Gasteiger charge is 2.35. The molecule has 0 spiro atoms. The predicted octanol–water partition coefficient (Wildman–Crippen LogP) is 3.74. The van der Waals surface area contributed by atoms with Gasteiger partial charge in [-0.15, -0.1) is 10.2 Å². The van der Waals surface area contributed by atoms with Gasteiger partial charge in [0.05, 0.1) is 0 Å². The van der Waals surface area contributed by atoms with Gasteiger partial charge in [0.25, 0.3) is 5.91 Å². The van der Waals surface area contributed by atoms with Crippen LogP contribution in [0.15, 0.2) is 42.5 Å². The first-order chi connectivity index (χ1) is 15.6. The molecule has 0 radical (unpaired) electrons. The van der Waals surface area contributed by atoms with Gasteiger partial charge < -0.3 is 14.4 Å². The molecule has 1 unspecified atom stereocenters. The molecule has 3 aromatic rings. The van der Waals surface area contributed by atoms with Crippen LogP contribution in [0.5, 0.6) is 11.5 Å². The SMILES string of the molecule is CCc1ccc(C(=O)N2CCCC2C(=O)Nc2nnc(-c3ccc4c(c3)OCO4)s2)cc1. The molecule has 0 bridgehead atoms. The van der Waals surface area contributed by atoms with E-state index in [1.807, 2.05) is 42.5 Å². The van der Waals surface area contributed by atoms with Crippen LogP contribution >= 0.6 is 11.3 Å². The number of amides is 2. The molecule has 0 aliphatic carbocycles. The number of ether oxygens (including phenoxy) is 2. The molecule has 2 aliphatic heterocycles. The largest absolute Gasteiger partial charge is 0.454 e. The maximum absolute atomic E-state index is 13.0. The summed E-state index contributed by atoms with van der Waals surface area (Å²) in [5.41, 5.74) is 2.61. The number of carbonyl (C=O) groups is 2. The maximum Gasteiger partial charge on any atom is 0.254 e. The van der Waals surface area contributed by atoms with E-state index in [0.717, 1.165) is 18.4 Å². The lowest BCUT2D eigenvalue weighted by Gasteiger charge is -2.23. The maximum atomic E-state index is 13.0. The van der Waals surface area contributed by atoms with Crippen molar-refractivity contribution in [2.75, 3.05) is 18.7 Å². The van der Waals surface area contributed by atoms with Crippen molar-refractivity contribution < 1.29 is 19.1 Å². The lowest BCUT2D eigenvalue weighted by molar-refractivity contribution is -0.119. The van der Waals surface area contributed by atoms with E-state index < -0.39 is 6.04 Å². The predicted molar refractivity (Wildman–Crippen MR) is 120 cm³/mol. The Hall–Kier alpha value is -3.46. The van der Waals surface area contributed by atoms with Crippen molar-refractivity contribution in [3.8, 4) is 22.1 Å². The number of likely N-dealkylation sites (tertiary alicyclic amines) is 1. The Morgan fingerprint density at radius 2 is 1.94 bits per heavy atom. The Morgan fingerprint density at radius 1 is 1.12 bits per heavy atom. The van der Waals surface area contributed by atoms with Crippen molar-refractivity contribution in [1.29, 1.82) is 0 Å². The highest BCUT2D eigenvalue weighted by atomic mass is 32.1. The minimum Gasteiger partial charge on any atom is -0.454 e. The van der Waals surface area contributed by atoms with Crippen LogP contribution in [0.25, 0.3) is 10.6 Å². The minimum atomic E-state index is -0.522. The van der Waals surface area contributed by atoms with Crippen LogP contribution in [-0.4, -0.2) is 46.3 Å². The molecule has 164 valence electrons. The first-order valence-electron chi connectivity index (χ1n) is 10.6. The average Bonchev–Trinajstić information content (AvgIpc) is 3.58. The van der Waals surface area contributed by atoms with Gasteiger partial charge in [-0.2, -0.15) is 0 Å². The summed E-state index contributed by atoms with van der Waals surface area (Å²) in [4.78, 5) is 27.6. The molecule has 3 heterocycles. The second-order valence-electron chi connectivity index (χ2n) is 7.68. The molecule has 1 atom stereocenters. The summed E-state index contributed by atoms with van der Waals surface area (Å²) in [5, 5.41) is 12.2. The number of rotatable bonds is 5. The monoisotopic (exact) mass is 450 g/mol. The fourth-order valence-electron chi connectivity index (χ4n) is 3.94. The second-order valence-corrected chi connectivity index (χ2v) is 8.65. The molecule has 5 rings (SSSR count). The average molecular weight is 451 g/mol. The molecule has 32 heavy (non-hydrogen) atoms. The summed E-state index contributed by atoms with van der Waals surface area (Å²) in [5.74, 6) is 0.996. The van der Waals surface area contributed by atoms with Crippen LogP contribution in [0.3, 0.4) is 0 Å². The third-order valence-electron chi connectivity index (χ3n) is 5.70. The standard InChI is InChI=1S/C23H22N4O4S/c1-2-14-5-7-15(8-6-14)22(29)27-11-3-4-17(27)20(28)24-23-26-25-21(32-23)16-9-10-18-19(12-16)31-13-30-18/h5-10,12,17H,2-4,11,13H2,1H3,(H,24,26,28). The number of nitrogens with zero attached hydrogens (tertiary/aromatic N) is 3. The van der Waals surface area contributed by atoms with Crippen molar-refractivity contribution in [3.05, 3.63) is 53.6 Å². The quantitative estimate of drug-likeness (QED) is 0.637. The summed E-state index contributed by atoms with van der Waals surface area (Å²) in [6, 6.07) is 12.6. The number of fused-ring (bicyclic) bond motifs is 1. The lowest BCUT2D eigenvalue weighted by Crippen LogP contribution is -2.43. The number of aryl methyl sites for hydroxylation is 1. The fraction of sp³-hybridized carbons (Fsp3) is 0.304. The summed E-state index contributed by atoms with van der Waals surface area (Å²) in [6.45, 7) is 2.84. The first kappa shape index (κ1) is 20.4. The number of nitrogens with one attached hydrogen (secondary N) is 1. The van der Waals surface area contributed by atoms with Gasteiger partial charge in [0.15, 0.2) is 11.5 Å². The zero-order valence-electron chi connectivity index (χ0n) is 17.5. The highest BCUT2D eigenvalue weighted by Crippen LogP contribution is 2.37. The van der Waals surface area contributed by atoms with E-state index >= 15 is 0 Å². The van der Waals surface area contributed by atoms with Crippen molar-refractivity contribution >= 4 is 28.3 Å². The smallest absolute Gasteiger partial charge is 0.254 e. The number of carbonyl (C=O) groups excluding carboxylic acids is 2. The van der Waals surface area contributed by atoms with Gasteiger partial charge in [-0.1, -0.05) is 30.4 Å². The highest BCUT2D eigenvalue weighted by molar-refractivity contribution is 7.18. The lowest BCUT2D eigenvalue weighted by atomic mass is 10.1. The van der Waals surface area contributed by atoms with E-state index in [-0.39, 0.29) is 18.6 Å². The molecule has 8 nitrogen and oxygen atoms in total. The molecular weight excluding hydrogens is 428 g/mol. The molecule has 2 aromatic carbocycles. The van der Waals surface area contributed by atoms with Gasteiger partial charge in [0.2, 0.25) is 17.8 Å². The van der Waals surface area contributed by atoms with Gasteiger partial charge in [-0.05, 0) is 55.2 Å². The van der Waals surface area contributed by atoms with Crippen LogP contribution in [-0.2, 0) is 11.2 Å². The Bertz CT molecular complexity index is 1160. The molecule has 2 aliphatic rings. The molecular formula is C23H22N4O4S. The third kappa shape index (κ3) is 3.91. The zero-order chi connectivity index (χ0) is 22.1. The number of hydrogen-bond acceptors (Lipinski definition) is 7.